The van der Waals surface area contributed by atoms with Gasteiger partial charge < -0.3 is 5.11 Å². The Morgan fingerprint density at radius 1 is 1.60 bits per heavy atom. The van der Waals surface area contributed by atoms with Crippen molar-refractivity contribution in [2.75, 3.05) is 0 Å². The van der Waals surface area contributed by atoms with E-state index in [9.17, 15) is 14.9 Å². The number of aliphatic carboxylic acids is 1. The fourth-order valence-electron chi connectivity index (χ4n) is 1.36. The van der Waals surface area contributed by atoms with E-state index in [1.165, 1.54) is 6.07 Å². The van der Waals surface area contributed by atoms with Crippen molar-refractivity contribution in [1.82, 2.24) is 0 Å². The maximum Gasteiger partial charge on any atom is 0.308 e. The first kappa shape index (κ1) is 11.6. The van der Waals surface area contributed by atoms with Crippen molar-refractivity contribution in [3.05, 3.63) is 37.8 Å². The number of carbonyl (C=O) groups is 1. The van der Waals surface area contributed by atoms with Gasteiger partial charge in [-0.2, -0.15) is 0 Å². The third-order valence-electron chi connectivity index (χ3n) is 1.87. The SMILES string of the molecule is Cc1cc(Br)cc(CC(=O)O)c1[N+](=O)[O-]. The first-order valence-electron chi connectivity index (χ1n) is 4.07. The molecule has 0 aromatic heterocycles. The average Bonchev–Trinajstić information content (AvgIpc) is 1.99. The fraction of sp³-hybridized carbons (Fsp3) is 0.222. The molecule has 1 aromatic rings. The van der Waals surface area contributed by atoms with Crippen LogP contribution < -0.4 is 0 Å². The molecule has 15 heavy (non-hydrogen) atoms. The van der Waals surface area contributed by atoms with E-state index in [4.69, 9.17) is 5.11 Å². The largest absolute Gasteiger partial charge is 0.481 e. The lowest BCUT2D eigenvalue weighted by atomic mass is 10.1. The van der Waals surface area contributed by atoms with Gasteiger partial charge >= 0.3 is 5.97 Å². The maximum atomic E-state index is 10.7. The second kappa shape index (κ2) is 4.39. The summed E-state index contributed by atoms with van der Waals surface area (Å²) in [6.07, 6.45) is -0.351. The van der Waals surface area contributed by atoms with Crippen LogP contribution in [-0.4, -0.2) is 16.0 Å². The van der Waals surface area contributed by atoms with Gasteiger partial charge in [-0.1, -0.05) is 15.9 Å². The van der Waals surface area contributed by atoms with E-state index in [0.717, 1.165) is 0 Å². The Kier molecular flexibility index (Phi) is 3.41. The Hall–Kier alpha value is -1.43. The van der Waals surface area contributed by atoms with Crippen molar-refractivity contribution >= 4 is 27.6 Å². The Morgan fingerprint density at radius 3 is 2.67 bits per heavy atom. The standard InChI is InChI=1S/C9H8BrNO4/c1-5-2-7(10)3-6(4-8(12)13)9(5)11(14)15/h2-3H,4H2,1H3,(H,12,13). The van der Waals surface area contributed by atoms with E-state index in [0.29, 0.717) is 10.0 Å². The van der Waals surface area contributed by atoms with Gasteiger partial charge in [-0.3, -0.25) is 14.9 Å². The van der Waals surface area contributed by atoms with Crippen LogP contribution in [0.25, 0.3) is 0 Å². The highest BCUT2D eigenvalue weighted by atomic mass is 79.9. The minimum atomic E-state index is -1.09. The van der Waals surface area contributed by atoms with Crippen molar-refractivity contribution in [3.63, 3.8) is 0 Å². The molecule has 0 aliphatic rings. The highest BCUT2D eigenvalue weighted by molar-refractivity contribution is 9.10. The lowest BCUT2D eigenvalue weighted by molar-refractivity contribution is -0.386. The zero-order chi connectivity index (χ0) is 11.6. The molecule has 1 N–H and O–H groups in total. The molecule has 0 saturated heterocycles. The minimum absolute atomic E-state index is 0.124. The van der Waals surface area contributed by atoms with E-state index in [2.05, 4.69) is 15.9 Å². The second-order valence-electron chi connectivity index (χ2n) is 3.06. The lowest BCUT2D eigenvalue weighted by Crippen LogP contribution is -2.05. The van der Waals surface area contributed by atoms with Gasteiger partial charge in [-0.05, 0) is 19.1 Å². The normalized spacial score (nSPS) is 10.0. The first-order chi connectivity index (χ1) is 6.91. The Bertz CT molecular complexity index is 430. The summed E-state index contributed by atoms with van der Waals surface area (Å²) in [5.74, 6) is -1.09. The number of nitro groups is 1. The summed E-state index contributed by atoms with van der Waals surface area (Å²) in [4.78, 5) is 20.7. The van der Waals surface area contributed by atoms with Crippen LogP contribution in [0.2, 0.25) is 0 Å². The summed E-state index contributed by atoms with van der Waals surface area (Å²) < 4.78 is 0.641. The van der Waals surface area contributed by atoms with Crippen LogP contribution in [0.3, 0.4) is 0 Å². The predicted octanol–water partition coefficient (Wildman–Crippen LogP) is 2.29. The number of benzene rings is 1. The molecule has 0 saturated carbocycles. The molecule has 1 aromatic carbocycles. The minimum Gasteiger partial charge on any atom is -0.481 e. The predicted molar refractivity (Wildman–Crippen MR) is 56.9 cm³/mol. The van der Waals surface area contributed by atoms with E-state index in [1.54, 1.807) is 13.0 Å². The highest BCUT2D eigenvalue weighted by Gasteiger charge is 2.19. The van der Waals surface area contributed by atoms with E-state index >= 15 is 0 Å². The van der Waals surface area contributed by atoms with Gasteiger partial charge in [0.15, 0.2) is 0 Å². The molecule has 0 atom stereocenters. The molecule has 0 spiro atoms. The Morgan fingerprint density at radius 2 is 2.20 bits per heavy atom. The second-order valence-corrected chi connectivity index (χ2v) is 3.97. The molecule has 6 heteroatoms. The van der Waals surface area contributed by atoms with E-state index in [1.807, 2.05) is 0 Å². The molecule has 0 amide bonds. The number of nitrogens with zero attached hydrogens (tertiary/aromatic N) is 1. The smallest absolute Gasteiger partial charge is 0.308 e. The highest BCUT2D eigenvalue weighted by Crippen LogP contribution is 2.28. The molecule has 1 rings (SSSR count). The number of carboxylic acid groups (broad SMARTS) is 1. The summed E-state index contributed by atoms with van der Waals surface area (Å²) >= 11 is 3.17. The number of carboxylic acids is 1. The van der Waals surface area contributed by atoms with Crippen molar-refractivity contribution in [3.8, 4) is 0 Å². The topological polar surface area (TPSA) is 80.4 Å². The Labute approximate surface area is 94.0 Å². The van der Waals surface area contributed by atoms with Crippen LogP contribution in [0.1, 0.15) is 11.1 Å². The van der Waals surface area contributed by atoms with E-state index in [-0.39, 0.29) is 17.7 Å². The van der Waals surface area contributed by atoms with Crippen LogP contribution in [0, 0.1) is 17.0 Å². The van der Waals surface area contributed by atoms with Gasteiger partial charge in [0.2, 0.25) is 0 Å². The molecule has 0 bridgehead atoms. The zero-order valence-corrected chi connectivity index (χ0v) is 9.44. The molecule has 0 radical (unpaired) electrons. The summed E-state index contributed by atoms with van der Waals surface area (Å²) in [5.41, 5.74) is 0.533. The summed E-state index contributed by atoms with van der Waals surface area (Å²) in [5, 5.41) is 19.3. The maximum absolute atomic E-state index is 10.7. The summed E-state index contributed by atoms with van der Waals surface area (Å²) in [6, 6.07) is 3.04. The van der Waals surface area contributed by atoms with Gasteiger partial charge in [-0.15, -0.1) is 0 Å². The first-order valence-corrected chi connectivity index (χ1v) is 4.86. The fourth-order valence-corrected chi connectivity index (χ4v) is 1.98. The molecule has 0 unspecified atom stereocenters. The monoisotopic (exact) mass is 273 g/mol. The van der Waals surface area contributed by atoms with Crippen molar-refractivity contribution in [2.45, 2.75) is 13.3 Å². The molecule has 0 heterocycles. The van der Waals surface area contributed by atoms with Crippen molar-refractivity contribution < 1.29 is 14.8 Å². The zero-order valence-electron chi connectivity index (χ0n) is 7.86. The van der Waals surface area contributed by atoms with Gasteiger partial charge in [0, 0.05) is 15.6 Å². The van der Waals surface area contributed by atoms with Gasteiger partial charge in [0.05, 0.1) is 11.3 Å². The van der Waals surface area contributed by atoms with Gasteiger partial charge in [0.25, 0.3) is 5.69 Å². The van der Waals surface area contributed by atoms with Crippen LogP contribution >= 0.6 is 15.9 Å². The molecule has 0 fully saturated rings. The summed E-state index contributed by atoms with van der Waals surface area (Å²) in [6.45, 7) is 1.58. The van der Waals surface area contributed by atoms with Crippen LogP contribution in [0.5, 0.6) is 0 Å². The number of nitro benzene ring substituents is 1. The van der Waals surface area contributed by atoms with Crippen LogP contribution in [0.15, 0.2) is 16.6 Å². The molecule has 5 nitrogen and oxygen atoms in total. The average molecular weight is 274 g/mol. The molecule has 80 valence electrons. The summed E-state index contributed by atoms with van der Waals surface area (Å²) in [7, 11) is 0. The quantitative estimate of drug-likeness (QED) is 0.677. The lowest BCUT2D eigenvalue weighted by Gasteiger charge is -2.04. The number of aryl methyl sites for hydroxylation is 1. The van der Waals surface area contributed by atoms with Crippen LogP contribution in [0.4, 0.5) is 5.69 Å². The number of hydrogen-bond donors (Lipinski definition) is 1. The van der Waals surface area contributed by atoms with E-state index < -0.39 is 10.9 Å². The van der Waals surface area contributed by atoms with Crippen molar-refractivity contribution in [2.24, 2.45) is 0 Å². The third kappa shape index (κ3) is 2.76. The van der Waals surface area contributed by atoms with Gasteiger partial charge in [0.1, 0.15) is 0 Å². The number of rotatable bonds is 3. The molecular formula is C9H8BrNO4. The van der Waals surface area contributed by atoms with Crippen LogP contribution in [-0.2, 0) is 11.2 Å². The molecule has 0 aliphatic heterocycles. The Balaban J connectivity index is 3.33. The van der Waals surface area contributed by atoms with Crippen molar-refractivity contribution in [1.29, 1.82) is 0 Å². The molecule has 0 aliphatic carbocycles. The number of halogens is 1. The van der Waals surface area contributed by atoms with Gasteiger partial charge in [-0.25, -0.2) is 0 Å². The molecular weight excluding hydrogens is 266 g/mol. The third-order valence-corrected chi connectivity index (χ3v) is 2.33. The number of hydrogen-bond acceptors (Lipinski definition) is 3.